The quantitative estimate of drug-likeness (QED) is 0.375. The van der Waals surface area contributed by atoms with E-state index in [-0.39, 0.29) is 11.0 Å². The number of anilines is 1. The lowest BCUT2D eigenvalue weighted by atomic mass is 10.2. The van der Waals surface area contributed by atoms with Crippen molar-refractivity contribution >= 4 is 28.9 Å². The molecule has 3 aromatic carbocycles. The van der Waals surface area contributed by atoms with E-state index in [0.717, 1.165) is 17.2 Å². The molecule has 2 N–H and O–H groups in total. The van der Waals surface area contributed by atoms with Crippen LogP contribution in [0, 0.1) is 0 Å². The second-order valence-corrected chi connectivity index (χ2v) is 6.81. The van der Waals surface area contributed by atoms with Crippen LogP contribution in [-0.2, 0) is 0 Å². The first kappa shape index (κ1) is 22.1. The van der Waals surface area contributed by atoms with Crippen molar-refractivity contribution in [2.75, 3.05) is 25.1 Å². The smallest absolute Gasteiger partial charge is 0.257 e. The van der Waals surface area contributed by atoms with Gasteiger partial charge in [0.1, 0.15) is 30.5 Å². The van der Waals surface area contributed by atoms with Gasteiger partial charge in [-0.3, -0.25) is 10.1 Å². The van der Waals surface area contributed by atoms with Gasteiger partial charge in [0, 0.05) is 11.3 Å². The van der Waals surface area contributed by atoms with E-state index in [1.54, 1.807) is 24.3 Å². The average molecular weight is 437 g/mol. The lowest BCUT2D eigenvalue weighted by molar-refractivity contribution is 0.0977. The number of nitrogens with one attached hydrogen (secondary N) is 2. The van der Waals surface area contributed by atoms with Crippen LogP contribution >= 0.6 is 12.2 Å². The highest BCUT2D eigenvalue weighted by Crippen LogP contribution is 2.16. The molecule has 0 aliphatic rings. The number of hydrogen-bond donors (Lipinski definition) is 2. The molecular formula is C24H24N2O4S. The summed E-state index contributed by atoms with van der Waals surface area (Å²) in [5.41, 5.74) is 1.20. The number of carbonyl (C=O) groups is 1. The summed E-state index contributed by atoms with van der Waals surface area (Å²) < 4.78 is 16.7. The second-order valence-electron chi connectivity index (χ2n) is 6.40. The summed E-state index contributed by atoms with van der Waals surface area (Å²) in [6.45, 7) is 3.29. The highest BCUT2D eigenvalue weighted by molar-refractivity contribution is 7.80. The van der Waals surface area contributed by atoms with Crippen LogP contribution in [0.15, 0.2) is 78.9 Å². The highest BCUT2D eigenvalue weighted by Gasteiger charge is 2.09. The molecule has 3 aromatic rings. The lowest BCUT2D eigenvalue weighted by Gasteiger charge is -2.12. The summed E-state index contributed by atoms with van der Waals surface area (Å²) in [5.74, 6) is 1.81. The second kappa shape index (κ2) is 11.6. The Hall–Kier alpha value is -3.58. The van der Waals surface area contributed by atoms with Gasteiger partial charge in [-0.05, 0) is 73.7 Å². The first-order valence-electron chi connectivity index (χ1n) is 9.90. The Balaban J connectivity index is 1.46. The van der Waals surface area contributed by atoms with Gasteiger partial charge >= 0.3 is 0 Å². The van der Waals surface area contributed by atoms with Crippen LogP contribution in [-0.4, -0.2) is 30.8 Å². The normalized spacial score (nSPS) is 10.1. The van der Waals surface area contributed by atoms with Crippen LogP contribution in [0.4, 0.5) is 5.69 Å². The minimum Gasteiger partial charge on any atom is -0.494 e. The fourth-order valence-corrected chi connectivity index (χ4v) is 2.91. The van der Waals surface area contributed by atoms with E-state index in [9.17, 15) is 4.79 Å². The van der Waals surface area contributed by atoms with Crippen LogP contribution in [0.3, 0.4) is 0 Å². The third kappa shape index (κ3) is 7.31. The van der Waals surface area contributed by atoms with E-state index in [1.165, 1.54) is 0 Å². The maximum atomic E-state index is 12.5. The highest BCUT2D eigenvalue weighted by atomic mass is 32.1. The van der Waals surface area contributed by atoms with Gasteiger partial charge in [-0.25, -0.2) is 0 Å². The van der Waals surface area contributed by atoms with Crippen LogP contribution < -0.4 is 24.8 Å². The molecule has 3 rings (SSSR count). The topological polar surface area (TPSA) is 68.8 Å². The Morgan fingerprint density at radius 2 is 1.45 bits per heavy atom. The summed E-state index contributed by atoms with van der Waals surface area (Å²) in [6, 6.07) is 23.7. The fourth-order valence-electron chi connectivity index (χ4n) is 2.70. The monoisotopic (exact) mass is 436 g/mol. The SMILES string of the molecule is CCOc1ccc(NC(=S)NC(=O)c2cccc(OCCOc3ccccc3)c2)cc1. The molecule has 0 saturated heterocycles. The van der Waals surface area contributed by atoms with Crippen molar-refractivity contribution in [1.29, 1.82) is 0 Å². The molecule has 160 valence electrons. The maximum Gasteiger partial charge on any atom is 0.257 e. The van der Waals surface area contributed by atoms with E-state index in [0.29, 0.717) is 31.1 Å². The lowest BCUT2D eigenvalue weighted by Crippen LogP contribution is -2.34. The van der Waals surface area contributed by atoms with Gasteiger partial charge < -0.3 is 19.5 Å². The van der Waals surface area contributed by atoms with Crippen LogP contribution in [0.5, 0.6) is 17.2 Å². The molecule has 0 spiro atoms. The number of hydrogen-bond acceptors (Lipinski definition) is 5. The van der Waals surface area contributed by atoms with E-state index >= 15 is 0 Å². The standard InChI is InChI=1S/C24H24N2O4S/c1-2-28-21-13-11-19(12-14-21)25-24(31)26-23(27)18-7-6-10-22(17-18)30-16-15-29-20-8-4-3-5-9-20/h3-14,17H,2,15-16H2,1H3,(H2,25,26,27,31). The summed E-state index contributed by atoms with van der Waals surface area (Å²) in [6.07, 6.45) is 0. The Labute approximate surface area is 187 Å². The largest absolute Gasteiger partial charge is 0.494 e. The molecular weight excluding hydrogens is 412 g/mol. The number of para-hydroxylation sites is 1. The molecule has 0 aromatic heterocycles. The fraction of sp³-hybridized carbons (Fsp3) is 0.167. The molecule has 0 atom stereocenters. The van der Waals surface area contributed by atoms with Crippen LogP contribution in [0.1, 0.15) is 17.3 Å². The molecule has 0 radical (unpaired) electrons. The van der Waals surface area contributed by atoms with E-state index in [2.05, 4.69) is 10.6 Å². The Bertz CT molecular complexity index is 994. The molecule has 6 nitrogen and oxygen atoms in total. The molecule has 1 amide bonds. The first-order chi connectivity index (χ1) is 15.1. The number of amides is 1. The van der Waals surface area contributed by atoms with Gasteiger partial charge in [0.05, 0.1) is 6.61 Å². The van der Waals surface area contributed by atoms with Gasteiger partial charge in [-0.15, -0.1) is 0 Å². The summed E-state index contributed by atoms with van der Waals surface area (Å²) in [4.78, 5) is 12.5. The summed E-state index contributed by atoms with van der Waals surface area (Å²) in [7, 11) is 0. The molecule has 0 fully saturated rings. The van der Waals surface area contributed by atoms with Gasteiger partial charge in [0.2, 0.25) is 0 Å². The molecule has 0 bridgehead atoms. The Morgan fingerprint density at radius 1 is 0.806 bits per heavy atom. The number of rotatable bonds is 9. The molecule has 0 saturated carbocycles. The minimum atomic E-state index is -0.325. The van der Waals surface area contributed by atoms with E-state index < -0.39 is 0 Å². The Morgan fingerprint density at radius 3 is 2.16 bits per heavy atom. The van der Waals surface area contributed by atoms with Gasteiger partial charge in [0.15, 0.2) is 5.11 Å². The minimum absolute atomic E-state index is 0.205. The molecule has 0 aliphatic carbocycles. The number of carbonyl (C=O) groups excluding carboxylic acids is 1. The van der Waals surface area contributed by atoms with Gasteiger partial charge in [0.25, 0.3) is 5.91 Å². The first-order valence-corrected chi connectivity index (χ1v) is 10.3. The molecule has 7 heteroatoms. The Kier molecular flexibility index (Phi) is 8.25. The van der Waals surface area contributed by atoms with Crippen molar-refractivity contribution in [1.82, 2.24) is 5.32 Å². The molecule has 31 heavy (non-hydrogen) atoms. The van der Waals surface area contributed by atoms with Crippen molar-refractivity contribution in [3.05, 3.63) is 84.4 Å². The van der Waals surface area contributed by atoms with Crippen LogP contribution in [0.25, 0.3) is 0 Å². The van der Waals surface area contributed by atoms with Crippen LogP contribution in [0.2, 0.25) is 0 Å². The third-order valence-electron chi connectivity index (χ3n) is 4.11. The average Bonchev–Trinajstić information content (AvgIpc) is 2.79. The van der Waals surface area contributed by atoms with Crippen molar-refractivity contribution in [3.8, 4) is 17.2 Å². The zero-order valence-corrected chi connectivity index (χ0v) is 18.0. The maximum absolute atomic E-state index is 12.5. The van der Waals surface area contributed by atoms with Crippen molar-refractivity contribution < 1.29 is 19.0 Å². The number of thiocarbonyl (C=S) groups is 1. The number of benzene rings is 3. The van der Waals surface area contributed by atoms with E-state index in [4.69, 9.17) is 26.4 Å². The summed E-state index contributed by atoms with van der Waals surface area (Å²) >= 11 is 5.24. The molecule has 0 heterocycles. The number of ether oxygens (including phenoxy) is 3. The predicted octanol–water partition coefficient (Wildman–Crippen LogP) is 4.67. The third-order valence-corrected chi connectivity index (χ3v) is 4.31. The zero-order chi connectivity index (χ0) is 21.9. The predicted molar refractivity (Wildman–Crippen MR) is 125 cm³/mol. The van der Waals surface area contributed by atoms with E-state index in [1.807, 2.05) is 61.5 Å². The molecule has 0 aliphatic heterocycles. The van der Waals surface area contributed by atoms with Gasteiger partial charge in [-0.2, -0.15) is 0 Å². The van der Waals surface area contributed by atoms with Crippen molar-refractivity contribution in [2.24, 2.45) is 0 Å². The van der Waals surface area contributed by atoms with Gasteiger partial charge in [-0.1, -0.05) is 24.3 Å². The van der Waals surface area contributed by atoms with Crippen molar-refractivity contribution in [2.45, 2.75) is 6.92 Å². The zero-order valence-electron chi connectivity index (χ0n) is 17.2. The molecule has 0 unspecified atom stereocenters. The van der Waals surface area contributed by atoms with Crippen molar-refractivity contribution in [3.63, 3.8) is 0 Å². The summed E-state index contributed by atoms with van der Waals surface area (Å²) in [5, 5.41) is 5.86.